The zero-order chi connectivity index (χ0) is 22.5. The predicted molar refractivity (Wildman–Crippen MR) is 116 cm³/mol. The van der Waals surface area contributed by atoms with Crippen molar-refractivity contribution in [1.29, 1.82) is 0 Å². The van der Waals surface area contributed by atoms with E-state index in [0.29, 0.717) is 22.9 Å². The minimum absolute atomic E-state index is 0.0482. The van der Waals surface area contributed by atoms with E-state index in [1.54, 1.807) is 12.3 Å². The first kappa shape index (κ1) is 21.4. The van der Waals surface area contributed by atoms with Gasteiger partial charge in [-0.15, -0.1) is 0 Å². The molecular weight excluding hydrogens is 413 g/mol. The maximum atomic E-state index is 14.0. The van der Waals surface area contributed by atoms with Crippen LogP contribution in [0.2, 0.25) is 0 Å². The number of nitrogens with one attached hydrogen (secondary N) is 1. The first-order valence-electron chi connectivity index (χ1n) is 10.2. The Morgan fingerprint density at radius 3 is 2.78 bits per heavy atom. The summed E-state index contributed by atoms with van der Waals surface area (Å²) in [5, 5.41) is 3.83. The van der Waals surface area contributed by atoms with Crippen molar-refractivity contribution in [3.63, 3.8) is 0 Å². The van der Waals surface area contributed by atoms with E-state index in [4.69, 9.17) is 9.47 Å². The van der Waals surface area contributed by atoms with Crippen LogP contribution >= 0.6 is 0 Å². The SMILES string of the molecule is CC(C)Oc1ccc(F)c(/C=N/NC(=O)c2cncc(-c3ccc(OC4CC4)nc3)n2)c1. The van der Waals surface area contributed by atoms with Gasteiger partial charge in [0.15, 0.2) is 0 Å². The minimum atomic E-state index is -0.577. The second-order valence-corrected chi connectivity index (χ2v) is 7.54. The molecule has 2 heterocycles. The topological polar surface area (TPSA) is 98.6 Å². The van der Waals surface area contributed by atoms with Gasteiger partial charge < -0.3 is 9.47 Å². The Hall–Kier alpha value is -3.88. The van der Waals surface area contributed by atoms with Gasteiger partial charge in [-0.3, -0.25) is 9.78 Å². The molecule has 3 aromatic rings. The number of carbonyl (C=O) groups excluding carboxylic acids is 1. The molecule has 164 valence electrons. The van der Waals surface area contributed by atoms with Crippen LogP contribution in [-0.2, 0) is 0 Å². The van der Waals surface area contributed by atoms with Crippen molar-refractivity contribution in [2.45, 2.75) is 38.9 Å². The third-order valence-corrected chi connectivity index (χ3v) is 4.42. The summed E-state index contributed by atoms with van der Waals surface area (Å²) in [5.41, 5.74) is 3.76. The van der Waals surface area contributed by atoms with Gasteiger partial charge in [0.2, 0.25) is 5.88 Å². The molecule has 0 unspecified atom stereocenters. The monoisotopic (exact) mass is 435 g/mol. The van der Waals surface area contributed by atoms with Crippen LogP contribution in [0.4, 0.5) is 4.39 Å². The first-order valence-corrected chi connectivity index (χ1v) is 10.2. The molecule has 1 aromatic carbocycles. The highest BCUT2D eigenvalue weighted by molar-refractivity contribution is 5.93. The number of hydrogen-bond acceptors (Lipinski definition) is 7. The van der Waals surface area contributed by atoms with Crippen LogP contribution in [0.25, 0.3) is 11.3 Å². The van der Waals surface area contributed by atoms with Crippen LogP contribution in [0.1, 0.15) is 42.7 Å². The molecule has 2 aromatic heterocycles. The van der Waals surface area contributed by atoms with E-state index in [1.165, 1.54) is 36.8 Å². The van der Waals surface area contributed by atoms with E-state index in [2.05, 4.69) is 25.5 Å². The predicted octanol–water partition coefficient (Wildman–Crippen LogP) is 3.77. The van der Waals surface area contributed by atoms with E-state index >= 15 is 0 Å². The molecule has 1 saturated carbocycles. The minimum Gasteiger partial charge on any atom is -0.491 e. The molecule has 0 radical (unpaired) electrons. The Morgan fingerprint density at radius 2 is 2.06 bits per heavy atom. The molecule has 1 amide bonds. The molecule has 0 saturated heterocycles. The fourth-order valence-electron chi connectivity index (χ4n) is 2.76. The summed E-state index contributed by atoms with van der Waals surface area (Å²) in [6.45, 7) is 3.75. The molecule has 4 rings (SSSR count). The van der Waals surface area contributed by atoms with E-state index in [-0.39, 0.29) is 23.5 Å². The van der Waals surface area contributed by atoms with Crippen LogP contribution in [0.15, 0.2) is 54.0 Å². The molecule has 1 aliphatic carbocycles. The van der Waals surface area contributed by atoms with Gasteiger partial charge in [0.05, 0.1) is 30.4 Å². The van der Waals surface area contributed by atoms with Crippen LogP contribution in [-0.4, -0.2) is 39.3 Å². The number of benzene rings is 1. The average Bonchev–Trinajstić information content (AvgIpc) is 3.60. The van der Waals surface area contributed by atoms with Crippen molar-refractivity contribution in [2.75, 3.05) is 0 Å². The summed E-state index contributed by atoms with van der Waals surface area (Å²) in [4.78, 5) is 25.1. The van der Waals surface area contributed by atoms with Crippen LogP contribution in [0.5, 0.6) is 11.6 Å². The third kappa shape index (κ3) is 5.63. The fourth-order valence-corrected chi connectivity index (χ4v) is 2.76. The molecule has 1 fully saturated rings. The van der Waals surface area contributed by atoms with Crippen molar-refractivity contribution in [3.8, 4) is 22.9 Å². The number of aromatic nitrogens is 3. The van der Waals surface area contributed by atoms with Crippen LogP contribution < -0.4 is 14.9 Å². The molecule has 32 heavy (non-hydrogen) atoms. The van der Waals surface area contributed by atoms with Gasteiger partial charge in [0.1, 0.15) is 23.4 Å². The number of hydrazone groups is 1. The number of pyridine rings is 1. The summed E-state index contributed by atoms with van der Waals surface area (Å²) >= 11 is 0. The zero-order valence-electron chi connectivity index (χ0n) is 17.7. The molecule has 8 nitrogen and oxygen atoms in total. The molecule has 0 atom stereocenters. The van der Waals surface area contributed by atoms with Gasteiger partial charge in [-0.1, -0.05) is 0 Å². The number of amides is 1. The molecule has 0 bridgehead atoms. The second kappa shape index (κ2) is 9.51. The second-order valence-electron chi connectivity index (χ2n) is 7.54. The highest BCUT2D eigenvalue weighted by Crippen LogP contribution is 2.26. The lowest BCUT2D eigenvalue weighted by Crippen LogP contribution is -2.19. The first-order chi connectivity index (χ1) is 15.5. The van der Waals surface area contributed by atoms with Gasteiger partial charge >= 0.3 is 0 Å². The molecule has 9 heteroatoms. The Labute approximate surface area is 184 Å². The fraction of sp³-hybridized carbons (Fsp3) is 0.261. The van der Waals surface area contributed by atoms with Crippen molar-refractivity contribution < 1.29 is 18.7 Å². The van der Waals surface area contributed by atoms with Gasteiger partial charge in [-0.25, -0.2) is 19.8 Å². The average molecular weight is 435 g/mol. The van der Waals surface area contributed by atoms with Crippen LogP contribution in [0, 0.1) is 5.82 Å². The molecule has 0 spiro atoms. The number of halogens is 1. The zero-order valence-corrected chi connectivity index (χ0v) is 17.7. The maximum Gasteiger partial charge on any atom is 0.291 e. The molecular formula is C23H22FN5O3. The van der Waals surface area contributed by atoms with Crippen molar-refractivity contribution in [3.05, 3.63) is 66.0 Å². The van der Waals surface area contributed by atoms with E-state index in [9.17, 15) is 9.18 Å². The highest BCUT2D eigenvalue weighted by Gasteiger charge is 2.23. The summed E-state index contributed by atoms with van der Waals surface area (Å²) in [7, 11) is 0. The summed E-state index contributed by atoms with van der Waals surface area (Å²) in [5.74, 6) is 0.00666. The summed E-state index contributed by atoms with van der Waals surface area (Å²) in [6, 6.07) is 7.90. The summed E-state index contributed by atoms with van der Waals surface area (Å²) < 4.78 is 25.2. The highest BCUT2D eigenvalue weighted by atomic mass is 19.1. The standard InChI is InChI=1S/C23H22FN5O3/c1-14(2)31-18-6-7-19(24)16(9-18)11-27-29-23(30)21-13-25-12-20(28-21)15-3-8-22(26-10-15)32-17-4-5-17/h3,6-14,17H,4-5H2,1-2H3,(H,29,30)/b27-11+. The normalized spacial score (nSPS) is 13.4. The maximum absolute atomic E-state index is 14.0. The smallest absolute Gasteiger partial charge is 0.291 e. The van der Waals surface area contributed by atoms with Crippen molar-refractivity contribution >= 4 is 12.1 Å². The lowest BCUT2D eigenvalue weighted by Gasteiger charge is -2.10. The van der Waals surface area contributed by atoms with Gasteiger partial charge in [-0.2, -0.15) is 5.10 Å². The Bertz CT molecular complexity index is 1130. The summed E-state index contributed by atoms with van der Waals surface area (Å²) in [6.07, 6.45) is 8.01. The van der Waals surface area contributed by atoms with E-state index < -0.39 is 11.7 Å². The number of rotatable bonds is 8. The lowest BCUT2D eigenvalue weighted by atomic mass is 10.2. The Kier molecular flexibility index (Phi) is 6.34. The quantitative estimate of drug-likeness (QED) is 0.427. The number of carbonyl (C=O) groups is 1. The van der Waals surface area contributed by atoms with Gasteiger partial charge in [0, 0.05) is 23.4 Å². The Balaban J connectivity index is 1.42. The van der Waals surface area contributed by atoms with Crippen LogP contribution in [0.3, 0.4) is 0 Å². The van der Waals surface area contributed by atoms with Gasteiger partial charge in [0.25, 0.3) is 5.91 Å². The number of ether oxygens (including phenoxy) is 2. The van der Waals surface area contributed by atoms with E-state index in [0.717, 1.165) is 12.8 Å². The molecule has 1 aliphatic rings. The largest absolute Gasteiger partial charge is 0.491 e. The number of hydrogen-bond donors (Lipinski definition) is 1. The van der Waals surface area contributed by atoms with Gasteiger partial charge in [-0.05, 0) is 51.0 Å². The molecule has 1 N–H and O–H groups in total. The number of nitrogens with zero attached hydrogens (tertiary/aromatic N) is 4. The van der Waals surface area contributed by atoms with Crippen molar-refractivity contribution in [1.82, 2.24) is 20.4 Å². The molecule has 0 aliphatic heterocycles. The lowest BCUT2D eigenvalue weighted by molar-refractivity contribution is 0.0950. The third-order valence-electron chi connectivity index (χ3n) is 4.42. The Morgan fingerprint density at radius 1 is 1.22 bits per heavy atom. The van der Waals surface area contributed by atoms with Crippen molar-refractivity contribution in [2.24, 2.45) is 5.10 Å². The van der Waals surface area contributed by atoms with E-state index in [1.807, 2.05) is 19.9 Å².